The third kappa shape index (κ3) is 5.27. The van der Waals surface area contributed by atoms with E-state index in [0.29, 0.717) is 13.1 Å². The van der Waals surface area contributed by atoms with Crippen molar-refractivity contribution in [1.29, 1.82) is 0 Å². The molecule has 8 nitrogen and oxygen atoms in total. The van der Waals surface area contributed by atoms with Gasteiger partial charge in [0.25, 0.3) is 0 Å². The lowest BCUT2D eigenvalue weighted by atomic mass is 9.96. The lowest BCUT2D eigenvalue weighted by molar-refractivity contribution is -0.122. The zero-order chi connectivity index (χ0) is 23.2. The Morgan fingerprint density at radius 3 is 2.73 bits per heavy atom. The van der Waals surface area contributed by atoms with E-state index in [2.05, 4.69) is 39.6 Å². The van der Waals surface area contributed by atoms with Crippen molar-refractivity contribution in [2.75, 3.05) is 24.5 Å². The van der Waals surface area contributed by atoms with Crippen molar-refractivity contribution < 1.29 is 9.21 Å². The molecule has 1 aliphatic heterocycles. The summed E-state index contributed by atoms with van der Waals surface area (Å²) in [5.74, 6) is 2.30. The van der Waals surface area contributed by atoms with Crippen molar-refractivity contribution >= 4 is 28.7 Å². The second-order valence-electron chi connectivity index (χ2n) is 8.34. The summed E-state index contributed by atoms with van der Waals surface area (Å²) in [5, 5.41) is 7.83. The highest BCUT2D eigenvalue weighted by Crippen LogP contribution is 2.26. The number of aromatic nitrogens is 1. The summed E-state index contributed by atoms with van der Waals surface area (Å²) in [4.78, 5) is 23.1. The summed E-state index contributed by atoms with van der Waals surface area (Å²) < 4.78 is 6.02. The number of benzene rings is 1. The molecule has 1 fully saturated rings. The quantitative estimate of drug-likeness (QED) is 0.379. The molecule has 4 N–H and O–H groups in total. The van der Waals surface area contributed by atoms with E-state index in [4.69, 9.17) is 15.1 Å². The van der Waals surface area contributed by atoms with Crippen LogP contribution in [0.2, 0.25) is 0 Å². The predicted octanol–water partition coefficient (Wildman–Crippen LogP) is 3.09. The number of nitrogens with one attached hydrogen (secondary N) is 2. The van der Waals surface area contributed by atoms with Crippen molar-refractivity contribution in [3.05, 3.63) is 59.5 Å². The smallest absolute Gasteiger partial charge is 0.220 e. The van der Waals surface area contributed by atoms with Crippen LogP contribution in [-0.4, -0.2) is 36.5 Å². The fourth-order valence-electron chi connectivity index (χ4n) is 4.28. The van der Waals surface area contributed by atoms with E-state index >= 15 is 0 Å². The van der Waals surface area contributed by atoms with Gasteiger partial charge in [0.2, 0.25) is 5.91 Å². The Morgan fingerprint density at radius 1 is 1.21 bits per heavy atom. The number of aryl methyl sites for hydroxylation is 1. The number of primary amides is 1. The standard InChI is InChI=1S/C25H32N6O2/c1-3-27-25(30-16-22-17(2)20-8-4-5-9-21(20)33-22)29-15-19-7-6-12-28-24(19)31-13-10-18(11-14-31)23(26)32/h4-9,12,18H,3,10-11,13-16H2,1-2H3,(H2,26,32)(H2,27,29,30). The summed E-state index contributed by atoms with van der Waals surface area (Å²) in [5.41, 5.74) is 8.57. The molecule has 0 radical (unpaired) electrons. The van der Waals surface area contributed by atoms with E-state index in [9.17, 15) is 4.79 Å². The van der Waals surface area contributed by atoms with Crippen LogP contribution in [0.15, 0.2) is 52.0 Å². The Kier molecular flexibility index (Phi) is 7.12. The molecule has 8 heteroatoms. The number of anilines is 1. The Bertz CT molecular complexity index is 1130. The number of rotatable bonds is 7. The fraction of sp³-hybridized carbons (Fsp3) is 0.400. The zero-order valence-corrected chi connectivity index (χ0v) is 19.3. The maximum absolute atomic E-state index is 11.5. The third-order valence-corrected chi connectivity index (χ3v) is 6.17. The van der Waals surface area contributed by atoms with Gasteiger partial charge in [-0.15, -0.1) is 0 Å². The summed E-state index contributed by atoms with van der Waals surface area (Å²) >= 11 is 0. The van der Waals surface area contributed by atoms with Crippen LogP contribution >= 0.6 is 0 Å². The van der Waals surface area contributed by atoms with Crippen LogP contribution in [0.3, 0.4) is 0 Å². The number of nitrogens with two attached hydrogens (primary N) is 1. The third-order valence-electron chi connectivity index (χ3n) is 6.17. The molecule has 33 heavy (non-hydrogen) atoms. The maximum Gasteiger partial charge on any atom is 0.220 e. The predicted molar refractivity (Wildman–Crippen MR) is 131 cm³/mol. The SMILES string of the molecule is CCNC(=NCc1cccnc1N1CCC(C(N)=O)CC1)NCc1oc2ccccc2c1C. The molecular formula is C25H32N6O2. The molecule has 0 aliphatic carbocycles. The molecule has 2 aromatic heterocycles. The van der Waals surface area contributed by atoms with Crippen LogP contribution in [-0.2, 0) is 17.9 Å². The van der Waals surface area contributed by atoms with Gasteiger partial charge < -0.3 is 25.7 Å². The summed E-state index contributed by atoms with van der Waals surface area (Å²) in [6.07, 6.45) is 3.32. The number of aliphatic imine (C=N–C) groups is 1. The molecule has 3 aromatic rings. The first-order chi connectivity index (χ1) is 16.1. The van der Waals surface area contributed by atoms with Gasteiger partial charge in [-0.1, -0.05) is 24.3 Å². The maximum atomic E-state index is 11.5. The summed E-state index contributed by atoms with van der Waals surface area (Å²) in [7, 11) is 0. The molecule has 1 amide bonds. The minimum absolute atomic E-state index is 0.0438. The number of hydrogen-bond acceptors (Lipinski definition) is 5. The highest BCUT2D eigenvalue weighted by molar-refractivity contribution is 5.83. The van der Waals surface area contributed by atoms with Crippen LogP contribution in [0.4, 0.5) is 5.82 Å². The van der Waals surface area contributed by atoms with E-state index in [1.54, 1.807) is 6.20 Å². The normalized spacial score (nSPS) is 15.1. The Balaban J connectivity index is 1.45. The number of carbonyl (C=O) groups excluding carboxylic acids is 1. The molecule has 0 spiro atoms. The highest BCUT2D eigenvalue weighted by atomic mass is 16.3. The van der Waals surface area contributed by atoms with Gasteiger partial charge in [0.05, 0.1) is 13.1 Å². The van der Waals surface area contributed by atoms with E-state index in [1.165, 1.54) is 0 Å². The Hall–Kier alpha value is -3.55. The van der Waals surface area contributed by atoms with Crippen LogP contribution in [0.5, 0.6) is 0 Å². The highest BCUT2D eigenvalue weighted by Gasteiger charge is 2.25. The van der Waals surface area contributed by atoms with Gasteiger partial charge in [-0.2, -0.15) is 0 Å². The van der Waals surface area contributed by atoms with E-state index < -0.39 is 0 Å². The van der Waals surface area contributed by atoms with Gasteiger partial charge in [0.1, 0.15) is 17.2 Å². The number of carbonyl (C=O) groups is 1. The molecule has 4 rings (SSSR count). The monoisotopic (exact) mass is 448 g/mol. The number of nitrogens with zero attached hydrogens (tertiary/aromatic N) is 3. The number of guanidine groups is 1. The molecule has 1 aliphatic rings. The second-order valence-corrected chi connectivity index (χ2v) is 8.34. The molecule has 3 heterocycles. The van der Waals surface area contributed by atoms with Crippen molar-refractivity contribution in [2.45, 2.75) is 39.8 Å². The minimum atomic E-state index is -0.207. The average molecular weight is 449 g/mol. The first-order valence-corrected chi connectivity index (χ1v) is 11.5. The number of piperidine rings is 1. The number of amides is 1. The Morgan fingerprint density at radius 2 is 2.00 bits per heavy atom. The van der Waals surface area contributed by atoms with E-state index in [0.717, 1.165) is 72.1 Å². The fourth-order valence-corrected chi connectivity index (χ4v) is 4.28. The van der Waals surface area contributed by atoms with Gasteiger partial charge >= 0.3 is 0 Å². The summed E-state index contributed by atoms with van der Waals surface area (Å²) in [6.45, 7) is 7.46. The topological polar surface area (TPSA) is 109 Å². The molecule has 0 unspecified atom stereocenters. The molecule has 1 aromatic carbocycles. The molecular weight excluding hydrogens is 416 g/mol. The van der Waals surface area contributed by atoms with Crippen molar-refractivity contribution in [3.63, 3.8) is 0 Å². The lowest BCUT2D eigenvalue weighted by Crippen LogP contribution is -2.39. The summed E-state index contributed by atoms with van der Waals surface area (Å²) in [6, 6.07) is 12.1. The molecule has 0 bridgehead atoms. The second kappa shape index (κ2) is 10.4. The van der Waals surface area contributed by atoms with Gasteiger partial charge in [-0.25, -0.2) is 9.98 Å². The van der Waals surface area contributed by atoms with Crippen LogP contribution in [0, 0.1) is 12.8 Å². The largest absolute Gasteiger partial charge is 0.459 e. The van der Waals surface area contributed by atoms with Crippen molar-refractivity contribution in [1.82, 2.24) is 15.6 Å². The molecule has 1 saturated heterocycles. The van der Waals surface area contributed by atoms with Crippen LogP contribution in [0.1, 0.15) is 36.7 Å². The van der Waals surface area contributed by atoms with Crippen molar-refractivity contribution in [3.8, 4) is 0 Å². The van der Waals surface area contributed by atoms with Crippen LogP contribution in [0.25, 0.3) is 11.0 Å². The first kappa shape index (κ1) is 22.6. The van der Waals surface area contributed by atoms with Gasteiger partial charge in [-0.3, -0.25) is 4.79 Å². The van der Waals surface area contributed by atoms with E-state index in [-0.39, 0.29) is 11.8 Å². The van der Waals surface area contributed by atoms with Crippen LogP contribution < -0.4 is 21.3 Å². The first-order valence-electron chi connectivity index (χ1n) is 11.5. The van der Waals surface area contributed by atoms with Gasteiger partial charge in [0.15, 0.2) is 5.96 Å². The number of para-hydroxylation sites is 1. The zero-order valence-electron chi connectivity index (χ0n) is 19.3. The van der Waals surface area contributed by atoms with Gasteiger partial charge in [-0.05, 0) is 38.8 Å². The average Bonchev–Trinajstić information content (AvgIpc) is 3.16. The number of hydrogen-bond donors (Lipinski definition) is 3. The number of pyridine rings is 1. The Labute approximate surface area is 194 Å². The number of furan rings is 1. The number of fused-ring (bicyclic) bond motifs is 1. The van der Waals surface area contributed by atoms with Crippen molar-refractivity contribution in [2.24, 2.45) is 16.6 Å². The molecule has 0 saturated carbocycles. The molecule has 0 atom stereocenters. The molecule has 174 valence electrons. The lowest BCUT2D eigenvalue weighted by Gasteiger charge is -2.32. The van der Waals surface area contributed by atoms with E-state index in [1.807, 2.05) is 31.2 Å². The van der Waals surface area contributed by atoms with Gasteiger partial charge in [0, 0.05) is 48.3 Å². The minimum Gasteiger partial charge on any atom is -0.459 e.